The summed E-state index contributed by atoms with van der Waals surface area (Å²) in [7, 11) is 0. The summed E-state index contributed by atoms with van der Waals surface area (Å²) >= 11 is 0. The van der Waals surface area contributed by atoms with Gasteiger partial charge >= 0.3 is 0 Å². The van der Waals surface area contributed by atoms with Gasteiger partial charge in [-0.05, 0) is 43.5 Å². The number of nitrogens with zero attached hydrogens (tertiary/aromatic N) is 1. The van der Waals surface area contributed by atoms with Crippen molar-refractivity contribution in [2.24, 2.45) is 0 Å². The second-order valence-electron chi connectivity index (χ2n) is 4.88. The van der Waals surface area contributed by atoms with Crippen molar-refractivity contribution in [2.45, 2.75) is 32.4 Å². The first kappa shape index (κ1) is 11.4. The van der Waals surface area contributed by atoms with E-state index in [0.29, 0.717) is 6.04 Å². The van der Waals surface area contributed by atoms with E-state index in [1.54, 1.807) is 12.1 Å². The lowest BCUT2D eigenvalue weighted by Crippen LogP contribution is -2.15. The topological polar surface area (TPSA) is 40.7 Å². The smallest absolute Gasteiger partial charge is 0.123 e. The molecular weight excluding hydrogens is 229 g/mol. The molecule has 0 atom stereocenters. The maximum absolute atomic E-state index is 13.1. The van der Waals surface area contributed by atoms with E-state index in [0.717, 1.165) is 28.9 Å². The van der Waals surface area contributed by atoms with Crippen LogP contribution in [0, 0.1) is 12.7 Å². The summed E-state index contributed by atoms with van der Waals surface area (Å²) in [6, 6.07) is 5.51. The fourth-order valence-corrected chi connectivity index (χ4v) is 2.13. The molecule has 2 aromatic rings. The van der Waals surface area contributed by atoms with Crippen LogP contribution in [0.3, 0.4) is 0 Å². The Labute approximate surface area is 105 Å². The Bertz CT molecular complexity index is 558. The average molecular weight is 245 g/mol. The van der Waals surface area contributed by atoms with E-state index >= 15 is 0 Å². The molecule has 3 nitrogen and oxygen atoms in total. The molecule has 1 saturated carbocycles. The van der Waals surface area contributed by atoms with Crippen LogP contribution < -0.4 is 5.32 Å². The SMILES string of the molecule is Cc1cc(F)ccc1-c1[nH]ncc1CNC1CC1. The highest BCUT2D eigenvalue weighted by Gasteiger charge is 2.21. The van der Waals surface area contributed by atoms with Crippen molar-refractivity contribution in [3.8, 4) is 11.3 Å². The van der Waals surface area contributed by atoms with Gasteiger partial charge in [-0.3, -0.25) is 5.10 Å². The van der Waals surface area contributed by atoms with Crippen molar-refractivity contribution in [1.29, 1.82) is 0 Å². The van der Waals surface area contributed by atoms with Gasteiger partial charge in [0.05, 0.1) is 11.9 Å². The third-order valence-electron chi connectivity index (χ3n) is 3.33. The minimum absolute atomic E-state index is 0.201. The zero-order valence-corrected chi connectivity index (χ0v) is 10.3. The van der Waals surface area contributed by atoms with Crippen molar-refractivity contribution < 1.29 is 4.39 Å². The molecule has 1 aromatic heterocycles. The van der Waals surface area contributed by atoms with Crippen LogP contribution in [-0.2, 0) is 6.54 Å². The Hall–Kier alpha value is -1.68. The lowest BCUT2D eigenvalue weighted by molar-refractivity contribution is 0.627. The number of H-pyrrole nitrogens is 1. The molecule has 0 saturated heterocycles. The van der Waals surface area contributed by atoms with E-state index in [9.17, 15) is 4.39 Å². The van der Waals surface area contributed by atoms with Crippen molar-refractivity contribution in [3.05, 3.63) is 41.3 Å². The minimum atomic E-state index is -0.201. The molecule has 0 unspecified atom stereocenters. The normalized spacial score (nSPS) is 15.0. The lowest BCUT2D eigenvalue weighted by atomic mass is 10.0. The van der Waals surface area contributed by atoms with Gasteiger partial charge in [0.25, 0.3) is 0 Å². The Balaban J connectivity index is 1.88. The Morgan fingerprint density at radius 1 is 1.44 bits per heavy atom. The summed E-state index contributed by atoms with van der Waals surface area (Å²) in [6.45, 7) is 2.73. The third kappa shape index (κ3) is 2.29. The minimum Gasteiger partial charge on any atom is -0.310 e. The highest BCUT2D eigenvalue weighted by atomic mass is 19.1. The second kappa shape index (κ2) is 4.53. The number of halogens is 1. The van der Waals surface area contributed by atoms with Gasteiger partial charge in [0.1, 0.15) is 5.82 Å². The van der Waals surface area contributed by atoms with Crippen molar-refractivity contribution in [1.82, 2.24) is 15.5 Å². The zero-order chi connectivity index (χ0) is 12.5. The van der Waals surface area contributed by atoms with Crippen LogP contribution in [0.2, 0.25) is 0 Å². The highest BCUT2D eigenvalue weighted by Crippen LogP contribution is 2.26. The first-order valence-electron chi connectivity index (χ1n) is 6.26. The van der Waals surface area contributed by atoms with Crippen LogP contribution in [0.15, 0.2) is 24.4 Å². The number of aryl methyl sites for hydroxylation is 1. The summed E-state index contributed by atoms with van der Waals surface area (Å²) in [6.07, 6.45) is 4.37. The van der Waals surface area contributed by atoms with Crippen molar-refractivity contribution in [2.75, 3.05) is 0 Å². The van der Waals surface area contributed by atoms with E-state index < -0.39 is 0 Å². The van der Waals surface area contributed by atoms with E-state index in [1.165, 1.54) is 18.9 Å². The van der Waals surface area contributed by atoms with E-state index in [1.807, 2.05) is 13.1 Å². The lowest BCUT2D eigenvalue weighted by Gasteiger charge is -2.07. The Morgan fingerprint density at radius 3 is 3.00 bits per heavy atom. The fourth-order valence-electron chi connectivity index (χ4n) is 2.13. The van der Waals surface area contributed by atoms with Gasteiger partial charge in [0, 0.05) is 23.7 Å². The molecule has 4 heteroatoms. The van der Waals surface area contributed by atoms with Gasteiger partial charge in [-0.25, -0.2) is 4.39 Å². The second-order valence-corrected chi connectivity index (χ2v) is 4.88. The van der Waals surface area contributed by atoms with Gasteiger partial charge in [0.2, 0.25) is 0 Å². The number of aromatic nitrogens is 2. The molecule has 3 rings (SSSR count). The van der Waals surface area contributed by atoms with Gasteiger partial charge in [-0.2, -0.15) is 5.10 Å². The highest BCUT2D eigenvalue weighted by molar-refractivity contribution is 5.66. The maximum atomic E-state index is 13.1. The first-order valence-corrected chi connectivity index (χ1v) is 6.26. The van der Waals surface area contributed by atoms with Crippen molar-refractivity contribution >= 4 is 0 Å². The largest absolute Gasteiger partial charge is 0.310 e. The number of nitrogens with one attached hydrogen (secondary N) is 2. The summed E-state index contributed by atoms with van der Waals surface area (Å²) in [5, 5.41) is 10.6. The zero-order valence-electron chi connectivity index (χ0n) is 10.3. The van der Waals surface area contributed by atoms with Crippen LogP contribution in [-0.4, -0.2) is 16.2 Å². The van der Waals surface area contributed by atoms with Gasteiger partial charge < -0.3 is 5.32 Å². The fraction of sp³-hybridized carbons (Fsp3) is 0.357. The van der Waals surface area contributed by atoms with E-state index in [4.69, 9.17) is 0 Å². The van der Waals surface area contributed by atoms with Gasteiger partial charge in [-0.1, -0.05) is 0 Å². The molecule has 0 radical (unpaired) electrons. The molecule has 0 amide bonds. The standard InChI is InChI=1S/C14H16FN3/c1-9-6-11(15)2-5-13(9)14-10(8-17-18-14)7-16-12-3-4-12/h2,5-6,8,12,16H,3-4,7H2,1H3,(H,17,18). The van der Waals surface area contributed by atoms with E-state index in [2.05, 4.69) is 15.5 Å². The molecule has 0 aliphatic heterocycles. The monoisotopic (exact) mass is 245 g/mol. The quantitative estimate of drug-likeness (QED) is 0.869. The molecule has 94 valence electrons. The molecular formula is C14H16FN3. The molecule has 1 heterocycles. The number of hydrogen-bond donors (Lipinski definition) is 2. The van der Waals surface area contributed by atoms with Gasteiger partial charge in [-0.15, -0.1) is 0 Å². The van der Waals surface area contributed by atoms with E-state index in [-0.39, 0.29) is 5.82 Å². The van der Waals surface area contributed by atoms with Crippen LogP contribution in [0.25, 0.3) is 11.3 Å². The molecule has 18 heavy (non-hydrogen) atoms. The molecule has 1 fully saturated rings. The van der Waals surface area contributed by atoms with Crippen LogP contribution in [0.4, 0.5) is 4.39 Å². The summed E-state index contributed by atoms with van der Waals surface area (Å²) in [5.41, 5.74) is 4.06. The summed E-state index contributed by atoms with van der Waals surface area (Å²) in [5.74, 6) is -0.201. The molecule has 1 aliphatic carbocycles. The molecule has 1 aromatic carbocycles. The molecule has 2 N–H and O–H groups in total. The summed E-state index contributed by atoms with van der Waals surface area (Å²) in [4.78, 5) is 0. The van der Waals surface area contributed by atoms with Crippen LogP contribution in [0.5, 0.6) is 0 Å². The van der Waals surface area contributed by atoms with Crippen molar-refractivity contribution in [3.63, 3.8) is 0 Å². The molecule has 0 spiro atoms. The van der Waals surface area contributed by atoms with Gasteiger partial charge in [0.15, 0.2) is 0 Å². The predicted octanol–water partition coefficient (Wildman–Crippen LogP) is 2.78. The predicted molar refractivity (Wildman–Crippen MR) is 68.6 cm³/mol. The Kier molecular flexibility index (Phi) is 2.88. The number of benzene rings is 1. The number of hydrogen-bond acceptors (Lipinski definition) is 2. The average Bonchev–Trinajstić information content (AvgIpc) is 3.06. The molecule has 1 aliphatic rings. The maximum Gasteiger partial charge on any atom is 0.123 e. The number of rotatable bonds is 4. The van der Waals surface area contributed by atoms with Crippen LogP contribution >= 0.6 is 0 Å². The Morgan fingerprint density at radius 2 is 2.28 bits per heavy atom. The van der Waals surface area contributed by atoms with Crippen LogP contribution in [0.1, 0.15) is 24.0 Å². The third-order valence-corrected chi connectivity index (χ3v) is 3.33. The summed E-state index contributed by atoms with van der Waals surface area (Å²) < 4.78 is 13.1. The molecule has 0 bridgehead atoms. The number of aromatic amines is 1. The first-order chi connectivity index (χ1) is 8.74.